The van der Waals surface area contributed by atoms with E-state index in [1.807, 2.05) is 0 Å². The van der Waals surface area contributed by atoms with Crippen LogP contribution in [0, 0.1) is 5.92 Å². The average molecular weight is 297 g/mol. The van der Waals surface area contributed by atoms with Crippen LogP contribution in [0.2, 0.25) is 0 Å². The van der Waals surface area contributed by atoms with Crippen molar-refractivity contribution in [1.82, 2.24) is 15.1 Å². The normalized spacial score (nSPS) is 26.4. The van der Waals surface area contributed by atoms with Gasteiger partial charge in [0.2, 0.25) is 5.91 Å². The molecular formula is C14H23N3O4. The van der Waals surface area contributed by atoms with E-state index >= 15 is 0 Å². The monoisotopic (exact) mass is 297 g/mol. The third-order valence-electron chi connectivity index (χ3n) is 4.31. The molecule has 0 aliphatic carbocycles. The van der Waals surface area contributed by atoms with Crippen LogP contribution in [0.1, 0.15) is 32.6 Å². The lowest BCUT2D eigenvalue weighted by Crippen LogP contribution is -2.61. The summed E-state index contributed by atoms with van der Waals surface area (Å²) in [5, 5.41) is 11.6. The molecule has 0 aromatic carbocycles. The number of carbonyl (C=O) groups is 3. The zero-order valence-electron chi connectivity index (χ0n) is 12.4. The van der Waals surface area contributed by atoms with Crippen molar-refractivity contribution in [3.63, 3.8) is 0 Å². The van der Waals surface area contributed by atoms with Crippen molar-refractivity contribution in [3.05, 3.63) is 0 Å². The minimum Gasteiger partial charge on any atom is -0.481 e. The number of piperazine rings is 1. The van der Waals surface area contributed by atoms with Crippen LogP contribution in [0.4, 0.5) is 4.79 Å². The molecule has 0 aromatic rings. The van der Waals surface area contributed by atoms with Crippen molar-refractivity contribution in [2.45, 2.75) is 38.6 Å². The van der Waals surface area contributed by atoms with Gasteiger partial charge in [0.1, 0.15) is 6.04 Å². The number of aliphatic carboxylic acids is 1. The highest BCUT2D eigenvalue weighted by atomic mass is 16.4. The molecule has 7 nitrogen and oxygen atoms in total. The molecule has 2 heterocycles. The van der Waals surface area contributed by atoms with E-state index in [-0.39, 0.29) is 18.4 Å². The van der Waals surface area contributed by atoms with Gasteiger partial charge in [0.15, 0.2) is 0 Å². The molecule has 21 heavy (non-hydrogen) atoms. The molecule has 0 spiro atoms. The largest absolute Gasteiger partial charge is 0.481 e. The lowest BCUT2D eigenvalue weighted by Gasteiger charge is -2.40. The van der Waals surface area contributed by atoms with Crippen molar-refractivity contribution in [2.75, 3.05) is 26.2 Å². The van der Waals surface area contributed by atoms with Crippen LogP contribution in [-0.4, -0.2) is 65.0 Å². The molecule has 2 fully saturated rings. The van der Waals surface area contributed by atoms with Gasteiger partial charge in [0, 0.05) is 26.2 Å². The van der Waals surface area contributed by atoms with Gasteiger partial charge in [-0.05, 0) is 18.8 Å². The van der Waals surface area contributed by atoms with E-state index in [4.69, 9.17) is 5.11 Å². The van der Waals surface area contributed by atoms with Crippen LogP contribution >= 0.6 is 0 Å². The lowest BCUT2D eigenvalue weighted by atomic mass is 9.96. The van der Waals surface area contributed by atoms with Crippen LogP contribution in [0.5, 0.6) is 0 Å². The van der Waals surface area contributed by atoms with Crippen molar-refractivity contribution >= 4 is 17.9 Å². The predicted molar refractivity (Wildman–Crippen MR) is 75.7 cm³/mol. The molecule has 0 radical (unpaired) electrons. The van der Waals surface area contributed by atoms with E-state index in [1.54, 1.807) is 4.90 Å². The molecule has 2 aliphatic rings. The molecule has 7 heteroatoms. The first-order valence-electron chi connectivity index (χ1n) is 7.58. The molecule has 2 atom stereocenters. The number of nitrogens with one attached hydrogen (secondary N) is 1. The first-order valence-corrected chi connectivity index (χ1v) is 7.58. The van der Waals surface area contributed by atoms with E-state index in [0.717, 1.165) is 19.3 Å². The first kappa shape index (κ1) is 15.6. The van der Waals surface area contributed by atoms with Gasteiger partial charge in [-0.3, -0.25) is 9.59 Å². The van der Waals surface area contributed by atoms with Gasteiger partial charge >= 0.3 is 12.0 Å². The minimum atomic E-state index is -1.07. The number of rotatable bonds is 3. The van der Waals surface area contributed by atoms with Gasteiger partial charge in [-0.25, -0.2) is 4.79 Å². The summed E-state index contributed by atoms with van der Waals surface area (Å²) in [6, 6.07) is -1.10. The Morgan fingerprint density at radius 2 is 2.14 bits per heavy atom. The van der Waals surface area contributed by atoms with Crippen molar-refractivity contribution < 1.29 is 19.5 Å². The Labute approximate surface area is 124 Å². The first-order chi connectivity index (χ1) is 10.0. The Balaban J connectivity index is 2.07. The Hall–Kier alpha value is -1.79. The van der Waals surface area contributed by atoms with Crippen molar-refractivity contribution in [3.8, 4) is 0 Å². The topological polar surface area (TPSA) is 90.0 Å². The summed E-state index contributed by atoms with van der Waals surface area (Å²) in [5.74, 6) is -0.944. The molecular weight excluding hydrogens is 274 g/mol. The van der Waals surface area contributed by atoms with Gasteiger partial charge < -0.3 is 20.2 Å². The number of likely N-dealkylation sites (tertiary alicyclic amines) is 1. The summed E-state index contributed by atoms with van der Waals surface area (Å²) < 4.78 is 0. The quantitative estimate of drug-likeness (QED) is 0.794. The fourth-order valence-corrected chi connectivity index (χ4v) is 3.07. The second-order valence-electron chi connectivity index (χ2n) is 5.74. The Kier molecular flexibility index (Phi) is 5.03. The number of carbonyl (C=O) groups excluding carboxylic acids is 2. The van der Waals surface area contributed by atoms with E-state index in [2.05, 4.69) is 12.2 Å². The number of urea groups is 1. The number of piperidine rings is 1. The number of hydrogen-bond acceptors (Lipinski definition) is 3. The zero-order valence-corrected chi connectivity index (χ0v) is 12.4. The smallest absolute Gasteiger partial charge is 0.320 e. The van der Waals surface area contributed by atoms with E-state index < -0.39 is 12.0 Å². The highest BCUT2D eigenvalue weighted by Crippen LogP contribution is 2.21. The molecule has 118 valence electrons. The van der Waals surface area contributed by atoms with Gasteiger partial charge in [0.05, 0.1) is 6.42 Å². The third kappa shape index (κ3) is 3.65. The maximum absolute atomic E-state index is 12.6. The van der Waals surface area contributed by atoms with Crippen LogP contribution in [0.15, 0.2) is 0 Å². The summed E-state index contributed by atoms with van der Waals surface area (Å²) in [7, 11) is 0. The molecule has 2 saturated heterocycles. The zero-order chi connectivity index (χ0) is 15.4. The molecule has 0 aromatic heterocycles. The van der Waals surface area contributed by atoms with Crippen LogP contribution < -0.4 is 5.32 Å². The van der Waals surface area contributed by atoms with Crippen LogP contribution in [0.25, 0.3) is 0 Å². The van der Waals surface area contributed by atoms with Crippen LogP contribution in [0.3, 0.4) is 0 Å². The Morgan fingerprint density at radius 3 is 2.81 bits per heavy atom. The average Bonchev–Trinajstić information content (AvgIpc) is 2.48. The maximum Gasteiger partial charge on any atom is 0.320 e. The Morgan fingerprint density at radius 1 is 1.38 bits per heavy atom. The molecule has 2 aliphatic heterocycles. The fraction of sp³-hybridized carbons (Fsp3) is 0.786. The van der Waals surface area contributed by atoms with E-state index in [9.17, 15) is 14.4 Å². The molecule has 2 rings (SSSR count). The van der Waals surface area contributed by atoms with Gasteiger partial charge in [0.25, 0.3) is 0 Å². The summed E-state index contributed by atoms with van der Waals surface area (Å²) in [6.45, 7) is 4.25. The summed E-state index contributed by atoms with van der Waals surface area (Å²) >= 11 is 0. The summed E-state index contributed by atoms with van der Waals surface area (Å²) in [6.07, 6.45) is 2.78. The SMILES string of the molecule is CCC1CCCN(C(=O)N2CCNC(=O)C2CC(=O)O)C1. The predicted octanol–water partition coefficient (Wildman–Crippen LogP) is 0.504. The summed E-state index contributed by atoms with van der Waals surface area (Å²) in [4.78, 5) is 38.6. The fourth-order valence-electron chi connectivity index (χ4n) is 3.07. The standard InChI is InChI=1S/C14H23N3O4/c1-2-10-4-3-6-16(9-10)14(21)17-7-5-15-13(20)11(17)8-12(18)19/h10-11H,2-9H2,1H3,(H,15,20)(H,18,19). The second kappa shape index (κ2) is 6.78. The van der Waals surface area contributed by atoms with Gasteiger partial charge in [-0.15, -0.1) is 0 Å². The molecule has 3 amide bonds. The maximum atomic E-state index is 12.6. The highest BCUT2D eigenvalue weighted by molar-refractivity contribution is 5.91. The third-order valence-corrected chi connectivity index (χ3v) is 4.31. The second-order valence-corrected chi connectivity index (χ2v) is 5.74. The van der Waals surface area contributed by atoms with E-state index in [1.165, 1.54) is 4.90 Å². The summed E-state index contributed by atoms with van der Waals surface area (Å²) in [5.41, 5.74) is 0. The molecule has 0 bridgehead atoms. The number of carboxylic acid groups (broad SMARTS) is 1. The molecule has 2 unspecified atom stereocenters. The van der Waals surface area contributed by atoms with Crippen LogP contribution in [-0.2, 0) is 9.59 Å². The van der Waals surface area contributed by atoms with E-state index in [0.29, 0.717) is 32.1 Å². The number of hydrogen-bond donors (Lipinski definition) is 2. The van der Waals surface area contributed by atoms with Crippen molar-refractivity contribution in [2.24, 2.45) is 5.92 Å². The van der Waals surface area contributed by atoms with Crippen molar-refractivity contribution in [1.29, 1.82) is 0 Å². The molecule has 2 N–H and O–H groups in total. The number of nitrogens with zero attached hydrogens (tertiary/aromatic N) is 2. The highest BCUT2D eigenvalue weighted by Gasteiger charge is 2.37. The molecule has 0 saturated carbocycles. The number of carboxylic acids is 1. The number of amides is 3. The Bertz CT molecular complexity index is 426. The van der Waals surface area contributed by atoms with Gasteiger partial charge in [-0.1, -0.05) is 13.3 Å². The minimum absolute atomic E-state index is 0.200. The lowest BCUT2D eigenvalue weighted by molar-refractivity contribution is -0.142. The van der Waals surface area contributed by atoms with Gasteiger partial charge in [-0.2, -0.15) is 0 Å².